The maximum Gasteiger partial charge on any atom is 0.270 e. The van der Waals surface area contributed by atoms with Gasteiger partial charge in [-0.3, -0.25) is 4.79 Å². The van der Waals surface area contributed by atoms with Crippen LogP contribution in [0.25, 0.3) is 10.6 Å². The Bertz CT molecular complexity index is 891. The number of amides is 1. The smallest absolute Gasteiger partial charge is 0.270 e. The van der Waals surface area contributed by atoms with Crippen LogP contribution in [0.15, 0.2) is 66.0 Å². The van der Waals surface area contributed by atoms with Gasteiger partial charge in [0.1, 0.15) is 16.3 Å². The Morgan fingerprint density at radius 3 is 2.42 bits per heavy atom. The van der Waals surface area contributed by atoms with Gasteiger partial charge in [-0.2, -0.15) is 0 Å². The maximum absolute atomic E-state index is 12.5. The molecule has 1 aliphatic carbocycles. The lowest BCUT2D eigenvalue weighted by molar-refractivity contribution is 0.0134. The first-order valence-corrected chi connectivity index (χ1v) is 9.62. The molecule has 0 aliphatic heterocycles. The van der Waals surface area contributed by atoms with E-state index in [4.69, 9.17) is 0 Å². The molecule has 2 aromatic carbocycles. The summed E-state index contributed by atoms with van der Waals surface area (Å²) in [5, 5.41) is 16.6. The van der Waals surface area contributed by atoms with Crippen molar-refractivity contribution >= 4 is 17.2 Å². The van der Waals surface area contributed by atoms with Crippen LogP contribution in [0.4, 0.5) is 0 Å². The minimum absolute atomic E-state index is 0.193. The van der Waals surface area contributed by atoms with Crippen LogP contribution in [0.1, 0.15) is 28.9 Å². The molecule has 4 rings (SSSR count). The zero-order valence-corrected chi connectivity index (χ0v) is 15.1. The van der Waals surface area contributed by atoms with Gasteiger partial charge in [-0.1, -0.05) is 60.7 Å². The molecule has 0 spiro atoms. The van der Waals surface area contributed by atoms with Crippen molar-refractivity contribution in [1.29, 1.82) is 0 Å². The summed E-state index contributed by atoms with van der Waals surface area (Å²) in [5.74, 6) is -0.0565. The molecule has 0 radical (unpaired) electrons. The lowest BCUT2D eigenvalue weighted by Gasteiger charge is -2.29. The van der Waals surface area contributed by atoms with E-state index in [9.17, 15) is 9.90 Å². The van der Waals surface area contributed by atoms with Crippen molar-refractivity contribution in [2.45, 2.75) is 18.4 Å². The van der Waals surface area contributed by atoms with Crippen LogP contribution in [0.2, 0.25) is 0 Å². The highest BCUT2D eigenvalue weighted by atomic mass is 32.1. The summed E-state index contributed by atoms with van der Waals surface area (Å²) in [6.07, 6.45) is 1.96. The summed E-state index contributed by atoms with van der Waals surface area (Å²) >= 11 is 1.44. The molecule has 0 saturated heterocycles. The molecule has 1 fully saturated rings. The molecular formula is C21H20N2O2S. The van der Waals surface area contributed by atoms with E-state index in [0.717, 1.165) is 29.0 Å². The second kappa shape index (κ2) is 7.02. The van der Waals surface area contributed by atoms with E-state index in [2.05, 4.69) is 10.3 Å². The van der Waals surface area contributed by atoms with Crippen molar-refractivity contribution in [1.82, 2.24) is 10.3 Å². The van der Waals surface area contributed by atoms with E-state index in [1.807, 2.05) is 60.7 Å². The SMILES string of the molecule is O=C(NC[C@](O)(c1ccccc1)C1CC1)c1csc(-c2ccccc2)n1. The molecule has 0 bridgehead atoms. The largest absolute Gasteiger partial charge is 0.383 e. The summed E-state index contributed by atoms with van der Waals surface area (Å²) in [6.45, 7) is 0.193. The Labute approximate surface area is 156 Å². The zero-order valence-electron chi connectivity index (χ0n) is 14.3. The Morgan fingerprint density at radius 1 is 1.12 bits per heavy atom. The van der Waals surface area contributed by atoms with E-state index in [-0.39, 0.29) is 18.4 Å². The van der Waals surface area contributed by atoms with E-state index in [1.165, 1.54) is 11.3 Å². The predicted octanol–water partition coefficient (Wildman–Crippen LogP) is 3.84. The van der Waals surface area contributed by atoms with Crippen molar-refractivity contribution in [2.24, 2.45) is 5.92 Å². The molecule has 5 heteroatoms. The van der Waals surface area contributed by atoms with Crippen molar-refractivity contribution < 1.29 is 9.90 Å². The third kappa shape index (κ3) is 3.41. The molecule has 1 aromatic heterocycles. The van der Waals surface area contributed by atoms with Crippen molar-refractivity contribution in [3.8, 4) is 10.6 Å². The second-order valence-corrected chi connectivity index (χ2v) is 7.51. The number of nitrogens with zero attached hydrogens (tertiary/aromatic N) is 1. The highest BCUT2D eigenvalue weighted by Crippen LogP contribution is 2.45. The van der Waals surface area contributed by atoms with Gasteiger partial charge < -0.3 is 10.4 Å². The molecule has 1 amide bonds. The Kier molecular flexibility index (Phi) is 4.57. The third-order valence-electron chi connectivity index (χ3n) is 4.80. The van der Waals surface area contributed by atoms with Crippen LogP contribution >= 0.6 is 11.3 Å². The van der Waals surface area contributed by atoms with Crippen LogP contribution in [-0.2, 0) is 5.60 Å². The number of benzene rings is 2. The first kappa shape index (κ1) is 16.9. The summed E-state index contributed by atoms with van der Waals surface area (Å²) in [5.41, 5.74) is 1.22. The van der Waals surface area contributed by atoms with Crippen LogP contribution in [-0.4, -0.2) is 22.5 Å². The molecule has 4 nitrogen and oxygen atoms in total. The normalized spacial score (nSPS) is 16.0. The van der Waals surface area contributed by atoms with Crippen LogP contribution in [0, 0.1) is 5.92 Å². The summed E-state index contributed by atoms with van der Waals surface area (Å²) in [4.78, 5) is 17.0. The third-order valence-corrected chi connectivity index (χ3v) is 5.69. The Balaban J connectivity index is 1.47. The highest BCUT2D eigenvalue weighted by molar-refractivity contribution is 7.13. The molecule has 132 valence electrons. The summed E-state index contributed by atoms with van der Waals surface area (Å²) in [6, 6.07) is 19.4. The molecule has 1 atom stereocenters. The van der Waals surface area contributed by atoms with Gasteiger partial charge in [0.05, 0.1) is 6.54 Å². The number of carbonyl (C=O) groups excluding carboxylic acids is 1. The molecule has 1 saturated carbocycles. The number of aliphatic hydroxyl groups is 1. The molecule has 0 unspecified atom stereocenters. The minimum atomic E-state index is -1.02. The van der Waals surface area contributed by atoms with Crippen LogP contribution < -0.4 is 5.32 Å². The van der Waals surface area contributed by atoms with Crippen molar-refractivity contribution in [3.05, 3.63) is 77.3 Å². The van der Waals surface area contributed by atoms with Gasteiger partial charge in [0.25, 0.3) is 5.91 Å². The van der Waals surface area contributed by atoms with E-state index in [1.54, 1.807) is 5.38 Å². The van der Waals surface area contributed by atoms with Gasteiger partial charge >= 0.3 is 0 Å². The second-order valence-electron chi connectivity index (χ2n) is 6.65. The first-order chi connectivity index (χ1) is 12.7. The lowest BCUT2D eigenvalue weighted by Crippen LogP contribution is -2.42. The zero-order chi connectivity index (χ0) is 18.0. The molecule has 1 heterocycles. The number of rotatable bonds is 6. The topological polar surface area (TPSA) is 62.2 Å². The standard InChI is InChI=1S/C21H20N2O2S/c24-19(18-13-26-20(23-18)15-7-3-1-4-8-15)22-14-21(25,17-11-12-17)16-9-5-2-6-10-16/h1-10,13,17,25H,11-12,14H2,(H,22,24)/t21-/m0/s1. The van der Waals surface area contributed by atoms with E-state index >= 15 is 0 Å². The highest BCUT2D eigenvalue weighted by Gasteiger charge is 2.45. The number of nitrogens with one attached hydrogen (secondary N) is 1. The lowest BCUT2D eigenvalue weighted by atomic mass is 9.88. The summed E-state index contributed by atoms with van der Waals surface area (Å²) < 4.78 is 0. The summed E-state index contributed by atoms with van der Waals surface area (Å²) in [7, 11) is 0. The predicted molar refractivity (Wildman–Crippen MR) is 103 cm³/mol. The van der Waals surface area contributed by atoms with Gasteiger partial charge in [0, 0.05) is 10.9 Å². The monoisotopic (exact) mass is 364 g/mol. The maximum atomic E-state index is 12.5. The van der Waals surface area contributed by atoms with Crippen LogP contribution in [0.5, 0.6) is 0 Å². The Hall–Kier alpha value is -2.50. The number of hydrogen-bond donors (Lipinski definition) is 2. The van der Waals surface area contributed by atoms with E-state index < -0.39 is 5.60 Å². The van der Waals surface area contributed by atoms with Gasteiger partial charge in [0.15, 0.2) is 0 Å². The molecule has 3 aromatic rings. The average molecular weight is 364 g/mol. The fraction of sp³-hybridized carbons (Fsp3) is 0.238. The van der Waals surface area contributed by atoms with E-state index in [0.29, 0.717) is 5.69 Å². The van der Waals surface area contributed by atoms with Crippen molar-refractivity contribution in [3.63, 3.8) is 0 Å². The van der Waals surface area contributed by atoms with Gasteiger partial charge in [-0.05, 0) is 24.3 Å². The number of carbonyl (C=O) groups is 1. The fourth-order valence-corrected chi connectivity index (χ4v) is 3.97. The molecule has 2 N–H and O–H groups in total. The molecular weight excluding hydrogens is 344 g/mol. The first-order valence-electron chi connectivity index (χ1n) is 8.74. The number of hydrogen-bond acceptors (Lipinski definition) is 4. The number of thiazole rings is 1. The molecule has 1 aliphatic rings. The van der Waals surface area contributed by atoms with Crippen LogP contribution in [0.3, 0.4) is 0 Å². The van der Waals surface area contributed by atoms with Gasteiger partial charge in [-0.15, -0.1) is 11.3 Å². The fourth-order valence-electron chi connectivity index (χ4n) is 3.17. The average Bonchev–Trinajstić information content (AvgIpc) is 3.44. The minimum Gasteiger partial charge on any atom is -0.383 e. The Morgan fingerprint density at radius 2 is 1.77 bits per heavy atom. The molecule has 26 heavy (non-hydrogen) atoms. The van der Waals surface area contributed by atoms with Gasteiger partial charge in [0.2, 0.25) is 0 Å². The van der Waals surface area contributed by atoms with Gasteiger partial charge in [-0.25, -0.2) is 4.98 Å². The number of aromatic nitrogens is 1. The quantitative estimate of drug-likeness (QED) is 0.699. The van der Waals surface area contributed by atoms with Crippen molar-refractivity contribution in [2.75, 3.05) is 6.54 Å².